The Labute approximate surface area is 91.1 Å². The molecule has 0 saturated carbocycles. The van der Waals surface area contributed by atoms with Crippen LogP contribution < -0.4 is 0 Å². The number of nitrogens with zero attached hydrogens (tertiary/aromatic N) is 1. The molecule has 0 spiro atoms. The van der Waals surface area contributed by atoms with Crippen LogP contribution in [0.15, 0.2) is 0 Å². The largest absolute Gasteiger partial charge is 0.355 e. The van der Waals surface area contributed by atoms with Gasteiger partial charge in [-0.05, 0) is 13.8 Å². The molecule has 0 bridgehead atoms. The van der Waals surface area contributed by atoms with Crippen molar-refractivity contribution in [2.24, 2.45) is 0 Å². The quantitative estimate of drug-likeness (QED) is 0.667. The van der Waals surface area contributed by atoms with Gasteiger partial charge in [0, 0.05) is 44.4 Å². The van der Waals surface area contributed by atoms with E-state index in [1.165, 1.54) is 5.75 Å². The molecule has 1 aliphatic heterocycles. The van der Waals surface area contributed by atoms with Crippen LogP contribution in [0.1, 0.15) is 13.8 Å². The molecule has 0 radical (unpaired) electrons. The molecule has 0 aromatic rings. The van der Waals surface area contributed by atoms with E-state index < -0.39 is 0 Å². The molecule has 1 heterocycles. The molecule has 4 heteroatoms. The maximum absolute atomic E-state index is 5.20. The Morgan fingerprint density at radius 2 is 2.00 bits per heavy atom. The summed E-state index contributed by atoms with van der Waals surface area (Å²) in [7, 11) is 3.38. The summed E-state index contributed by atoms with van der Waals surface area (Å²) in [5.41, 5.74) is 0. The Balaban J connectivity index is 2.37. The summed E-state index contributed by atoms with van der Waals surface area (Å²) in [4.78, 5) is 2.41. The minimum atomic E-state index is -0.0890. The summed E-state index contributed by atoms with van der Waals surface area (Å²) in [6.45, 7) is 7.70. The molecule has 1 fully saturated rings. The number of rotatable bonds is 4. The SMILES string of the molecule is COC(CN1CCSC(C)(C)C1)OC. The molecule has 0 unspecified atom stereocenters. The van der Waals surface area contributed by atoms with Gasteiger partial charge in [0.15, 0.2) is 6.29 Å². The van der Waals surface area contributed by atoms with E-state index in [0.717, 1.165) is 19.6 Å². The fourth-order valence-corrected chi connectivity index (χ4v) is 2.90. The molecule has 0 aromatic heterocycles. The van der Waals surface area contributed by atoms with E-state index in [4.69, 9.17) is 9.47 Å². The van der Waals surface area contributed by atoms with Crippen molar-refractivity contribution in [2.75, 3.05) is 39.6 Å². The molecule has 1 saturated heterocycles. The lowest BCUT2D eigenvalue weighted by atomic mass is 10.2. The molecule has 0 N–H and O–H groups in total. The van der Waals surface area contributed by atoms with Gasteiger partial charge in [-0.1, -0.05) is 0 Å². The van der Waals surface area contributed by atoms with Crippen LogP contribution in [0.25, 0.3) is 0 Å². The third kappa shape index (κ3) is 3.77. The first-order chi connectivity index (χ1) is 6.57. The van der Waals surface area contributed by atoms with Crippen LogP contribution >= 0.6 is 11.8 Å². The zero-order valence-electron chi connectivity index (χ0n) is 9.58. The molecule has 0 amide bonds. The topological polar surface area (TPSA) is 21.7 Å². The summed E-state index contributed by atoms with van der Waals surface area (Å²) in [5.74, 6) is 1.20. The Morgan fingerprint density at radius 1 is 1.36 bits per heavy atom. The first-order valence-corrected chi connectivity index (χ1v) is 5.98. The molecular weight excluding hydrogens is 198 g/mol. The normalized spacial score (nSPS) is 22.9. The minimum absolute atomic E-state index is 0.0890. The van der Waals surface area contributed by atoms with Crippen LogP contribution in [0.2, 0.25) is 0 Å². The number of ether oxygens (including phenoxy) is 2. The second-order valence-electron chi connectivity index (χ2n) is 4.24. The van der Waals surface area contributed by atoms with Crippen molar-refractivity contribution in [1.82, 2.24) is 4.90 Å². The first kappa shape index (κ1) is 12.3. The van der Waals surface area contributed by atoms with Crippen molar-refractivity contribution in [3.8, 4) is 0 Å². The van der Waals surface area contributed by atoms with E-state index in [-0.39, 0.29) is 6.29 Å². The van der Waals surface area contributed by atoms with Crippen LogP contribution in [0.5, 0.6) is 0 Å². The molecule has 1 aliphatic rings. The Bertz CT molecular complexity index is 172. The Hall–Kier alpha value is 0.230. The number of hydrogen-bond donors (Lipinski definition) is 0. The van der Waals surface area contributed by atoms with Gasteiger partial charge in [0.1, 0.15) is 0 Å². The molecule has 0 atom stereocenters. The van der Waals surface area contributed by atoms with Crippen LogP contribution in [-0.2, 0) is 9.47 Å². The lowest BCUT2D eigenvalue weighted by molar-refractivity contribution is -0.116. The predicted molar refractivity (Wildman–Crippen MR) is 60.8 cm³/mol. The van der Waals surface area contributed by atoms with Crippen LogP contribution in [0, 0.1) is 0 Å². The second kappa shape index (κ2) is 5.35. The third-order valence-corrected chi connectivity index (χ3v) is 3.74. The van der Waals surface area contributed by atoms with Gasteiger partial charge >= 0.3 is 0 Å². The molecular formula is C10H21NO2S. The predicted octanol–water partition coefficient (Wildman–Crippen LogP) is 1.43. The van der Waals surface area contributed by atoms with E-state index in [1.807, 2.05) is 11.8 Å². The summed E-state index contributed by atoms with van der Waals surface area (Å²) in [6, 6.07) is 0. The van der Waals surface area contributed by atoms with Crippen molar-refractivity contribution < 1.29 is 9.47 Å². The number of hydrogen-bond acceptors (Lipinski definition) is 4. The monoisotopic (exact) mass is 219 g/mol. The van der Waals surface area contributed by atoms with Gasteiger partial charge in [0.2, 0.25) is 0 Å². The summed E-state index contributed by atoms with van der Waals surface area (Å²) < 4.78 is 10.8. The van der Waals surface area contributed by atoms with Gasteiger partial charge in [-0.25, -0.2) is 0 Å². The zero-order chi connectivity index (χ0) is 10.6. The van der Waals surface area contributed by atoms with Crippen molar-refractivity contribution in [3.63, 3.8) is 0 Å². The van der Waals surface area contributed by atoms with Crippen LogP contribution in [0.3, 0.4) is 0 Å². The lowest BCUT2D eigenvalue weighted by Crippen LogP contribution is -2.46. The first-order valence-electron chi connectivity index (χ1n) is 4.99. The van der Waals surface area contributed by atoms with Gasteiger partial charge in [0.25, 0.3) is 0 Å². The Morgan fingerprint density at radius 3 is 2.50 bits per heavy atom. The Kier molecular flexibility index (Phi) is 4.70. The van der Waals surface area contributed by atoms with Crippen molar-refractivity contribution in [1.29, 1.82) is 0 Å². The maximum atomic E-state index is 5.20. The van der Waals surface area contributed by atoms with Crippen molar-refractivity contribution >= 4 is 11.8 Å². The average molecular weight is 219 g/mol. The molecule has 0 aromatic carbocycles. The van der Waals surface area contributed by atoms with Gasteiger partial charge in [-0.2, -0.15) is 11.8 Å². The van der Waals surface area contributed by atoms with Crippen molar-refractivity contribution in [3.05, 3.63) is 0 Å². The van der Waals surface area contributed by atoms with E-state index in [1.54, 1.807) is 14.2 Å². The highest BCUT2D eigenvalue weighted by atomic mass is 32.2. The van der Waals surface area contributed by atoms with Gasteiger partial charge < -0.3 is 9.47 Å². The highest BCUT2D eigenvalue weighted by Gasteiger charge is 2.28. The summed E-state index contributed by atoms with van der Waals surface area (Å²) >= 11 is 2.04. The molecule has 14 heavy (non-hydrogen) atoms. The fourth-order valence-electron chi connectivity index (χ4n) is 1.73. The number of thioether (sulfide) groups is 1. The van der Waals surface area contributed by atoms with E-state index in [2.05, 4.69) is 18.7 Å². The average Bonchev–Trinajstić information content (AvgIpc) is 2.12. The fraction of sp³-hybridized carbons (Fsp3) is 1.00. The lowest BCUT2D eigenvalue weighted by Gasteiger charge is -2.38. The van der Waals surface area contributed by atoms with Gasteiger partial charge in [-0.15, -0.1) is 0 Å². The highest BCUT2D eigenvalue weighted by molar-refractivity contribution is 8.00. The summed E-state index contributed by atoms with van der Waals surface area (Å²) in [6.07, 6.45) is -0.0890. The molecule has 84 valence electrons. The maximum Gasteiger partial charge on any atom is 0.169 e. The van der Waals surface area contributed by atoms with E-state index in [0.29, 0.717) is 4.75 Å². The smallest absolute Gasteiger partial charge is 0.169 e. The second-order valence-corrected chi connectivity index (χ2v) is 6.05. The zero-order valence-corrected chi connectivity index (χ0v) is 10.4. The third-order valence-electron chi connectivity index (χ3n) is 2.44. The van der Waals surface area contributed by atoms with Gasteiger partial charge in [0.05, 0.1) is 0 Å². The molecule has 0 aliphatic carbocycles. The van der Waals surface area contributed by atoms with Crippen LogP contribution in [0.4, 0.5) is 0 Å². The van der Waals surface area contributed by atoms with E-state index in [9.17, 15) is 0 Å². The standard InChI is InChI=1S/C10H21NO2S/c1-10(2)8-11(5-6-14-10)7-9(12-3)13-4/h9H,5-8H2,1-4H3. The number of methoxy groups -OCH3 is 2. The minimum Gasteiger partial charge on any atom is -0.355 e. The van der Waals surface area contributed by atoms with Gasteiger partial charge in [-0.3, -0.25) is 4.90 Å². The molecule has 3 nitrogen and oxygen atoms in total. The highest BCUT2D eigenvalue weighted by Crippen LogP contribution is 2.29. The summed E-state index contributed by atoms with van der Waals surface area (Å²) in [5, 5.41) is 0. The van der Waals surface area contributed by atoms with Crippen LogP contribution in [-0.4, -0.2) is 55.5 Å². The van der Waals surface area contributed by atoms with E-state index >= 15 is 0 Å². The van der Waals surface area contributed by atoms with Crippen molar-refractivity contribution in [2.45, 2.75) is 24.9 Å². The molecule has 1 rings (SSSR count).